The molecule has 12 heteroatoms. The fourth-order valence-electron chi connectivity index (χ4n) is 2.73. The van der Waals surface area contributed by atoms with Gasteiger partial charge in [-0.2, -0.15) is 13.8 Å². The first-order valence-corrected chi connectivity index (χ1v) is 11.1. The van der Waals surface area contributed by atoms with E-state index >= 15 is 0 Å². The van der Waals surface area contributed by atoms with Crippen molar-refractivity contribution in [1.82, 2.24) is 10.1 Å². The van der Waals surface area contributed by atoms with Gasteiger partial charge in [-0.05, 0) is 35.9 Å². The van der Waals surface area contributed by atoms with Crippen molar-refractivity contribution in [1.29, 1.82) is 0 Å². The Morgan fingerprint density at radius 2 is 1.94 bits per heavy atom. The highest BCUT2D eigenvalue weighted by atomic mass is 32.2. The molecule has 9 nitrogen and oxygen atoms in total. The molecular formula is C20H18F2N2O7S. The van der Waals surface area contributed by atoms with Crippen LogP contribution in [0.3, 0.4) is 0 Å². The van der Waals surface area contributed by atoms with Crippen LogP contribution >= 0.6 is 0 Å². The van der Waals surface area contributed by atoms with Crippen molar-refractivity contribution in [2.75, 3.05) is 13.4 Å². The third kappa shape index (κ3) is 6.23. The molecule has 0 saturated carbocycles. The second-order valence-electron chi connectivity index (χ2n) is 6.60. The molecule has 0 aliphatic carbocycles. The van der Waals surface area contributed by atoms with Gasteiger partial charge in [0.2, 0.25) is 5.82 Å². The fourth-order valence-corrected chi connectivity index (χ4v) is 3.52. The summed E-state index contributed by atoms with van der Waals surface area (Å²) in [5.74, 6) is -0.890. The number of nitrogens with zero attached hydrogens (tertiary/aromatic N) is 2. The predicted molar refractivity (Wildman–Crippen MR) is 107 cm³/mol. The second kappa shape index (κ2) is 9.73. The summed E-state index contributed by atoms with van der Waals surface area (Å²) in [6.07, 6.45) is 1.10. The van der Waals surface area contributed by atoms with Crippen molar-refractivity contribution in [3.05, 3.63) is 59.5 Å². The molecule has 0 unspecified atom stereocenters. The summed E-state index contributed by atoms with van der Waals surface area (Å²) in [5.41, 5.74) is 1.03. The normalized spacial score (nSPS) is 11.4. The minimum atomic E-state index is -3.25. The monoisotopic (exact) mass is 468 g/mol. The molecule has 0 bridgehead atoms. The zero-order valence-corrected chi connectivity index (χ0v) is 17.8. The second-order valence-corrected chi connectivity index (χ2v) is 8.74. The molecule has 0 N–H and O–H groups in total. The Bertz CT molecular complexity index is 1210. The molecule has 0 spiro atoms. The molecule has 0 amide bonds. The molecule has 0 aliphatic rings. The summed E-state index contributed by atoms with van der Waals surface area (Å²) in [7, 11) is -1.96. The van der Waals surface area contributed by atoms with Crippen LogP contribution in [0.1, 0.15) is 21.8 Å². The Balaban J connectivity index is 1.67. The Kier molecular flexibility index (Phi) is 7.03. The van der Waals surface area contributed by atoms with Crippen LogP contribution in [-0.4, -0.2) is 44.5 Å². The topological polar surface area (TPSA) is 118 Å². The van der Waals surface area contributed by atoms with Gasteiger partial charge < -0.3 is 18.7 Å². The lowest BCUT2D eigenvalue weighted by molar-refractivity contribution is -0.0512. The predicted octanol–water partition coefficient (Wildman–Crippen LogP) is 3.25. The number of carbonyl (C=O) groups is 1. The summed E-state index contributed by atoms with van der Waals surface area (Å²) in [5, 5.41) is 3.77. The van der Waals surface area contributed by atoms with Crippen molar-refractivity contribution in [2.45, 2.75) is 19.0 Å². The lowest BCUT2D eigenvalue weighted by Gasteiger charge is -2.10. The highest BCUT2D eigenvalue weighted by Crippen LogP contribution is 2.32. The number of ether oxygens (including phenoxy) is 3. The van der Waals surface area contributed by atoms with Crippen LogP contribution in [0.25, 0.3) is 11.4 Å². The van der Waals surface area contributed by atoms with E-state index in [2.05, 4.69) is 14.9 Å². The number of halogens is 2. The maximum atomic E-state index is 12.4. The molecule has 1 aromatic heterocycles. The smallest absolute Gasteiger partial charge is 0.387 e. The van der Waals surface area contributed by atoms with Gasteiger partial charge in [-0.15, -0.1) is 0 Å². The zero-order valence-electron chi connectivity index (χ0n) is 16.9. The van der Waals surface area contributed by atoms with Crippen LogP contribution in [0.2, 0.25) is 0 Å². The number of rotatable bonds is 9. The van der Waals surface area contributed by atoms with Crippen LogP contribution in [0.4, 0.5) is 8.78 Å². The number of carbonyl (C=O) groups excluding carboxylic acids is 1. The molecular weight excluding hydrogens is 450 g/mol. The van der Waals surface area contributed by atoms with E-state index in [0.29, 0.717) is 11.1 Å². The van der Waals surface area contributed by atoms with Crippen molar-refractivity contribution in [3.8, 4) is 22.9 Å². The highest BCUT2D eigenvalue weighted by Gasteiger charge is 2.16. The lowest BCUT2D eigenvalue weighted by atomic mass is 10.1. The summed E-state index contributed by atoms with van der Waals surface area (Å²) < 4.78 is 67.3. The van der Waals surface area contributed by atoms with Gasteiger partial charge in [-0.25, -0.2) is 13.2 Å². The van der Waals surface area contributed by atoms with Crippen LogP contribution < -0.4 is 9.47 Å². The largest absolute Gasteiger partial charge is 0.493 e. The molecule has 3 rings (SSSR count). The minimum absolute atomic E-state index is 0.00693. The molecule has 0 atom stereocenters. The van der Waals surface area contributed by atoms with E-state index in [1.807, 2.05) is 0 Å². The summed E-state index contributed by atoms with van der Waals surface area (Å²) in [6.45, 7) is -3.33. The number of benzene rings is 2. The molecule has 3 aromatic rings. The summed E-state index contributed by atoms with van der Waals surface area (Å²) >= 11 is 0. The molecule has 0 radical (unpaired) electrons. The molecule has 170 valence electrons. The van der Waals surface area contributed by atoms with Crippen molar-refractivity contribution in [2.24, 2.45) is 0 Å². The van der Waals surface area contributed by atoms with Crippen LogP contribution in [0.15, 0.2) is 47.0 Å². The first kappa shape index (κ1) is 23.1. The standard InChI is InChI=1S/C20H18F2N2O7S/c1-28-16-9-13(6-7-15(16)30-20(21)22)18-23-17(31-24-18)10-29-19(25)14-5-3-4-12(8-14)11-32(2,26)27/h3-9,20H,10-11H2,1-2H3. The third-order valence-electron chi connectivity index (χ3n) is 4.02. The van der Waals surface area contributed by atoms with Gasteiger partial charge in [-0.1, -0.05) is 17.3 Å². The van der Waals surface area contributed by atoms with E-state index in [4.69, 9.17) is 14.0 Å². The summed E-state index contributed by atoms with van der Waals surface area (Å²) in [6, 6.07) is 10.2. The van der Waals surface area contributed by atoms with Gasteiger partial charge in [-0.3, -0.25) is 0 Å². The molecule has 2 aromatic carbocycles. The van der Waals surface area contributed by atoms with E-state index in [0.717, 1.165) is 6.26 Å². The SMILES string of the molecule is COc1cc(-c2noc(COC(=O)c3cccc(CS(C)(=O)=O)c3)n2)ccc1OC(F)F. The molecule has 0 fully saturated rings. The number of methoxy groups -OCH3 is 1. The Hall–Kier alpha value is -3.54. The van der Waals surface area contributed by atoms with E-state index < -0.39 is 22.4 Å². The van der Waals surface area contributed by atoms with Crippen LogP contribution in [-0.2, 0) is 26.9 Å². The lowest BCUT2D eigenvalue weighted by Crippen LogP contribution is -2.07. The van der Waals surface area contributed by atoms with E-state index in [9.17, 15) is 22.0 Å². The number of hydrogen-bond donors (Lipinski definition) is 0. The quantitative estimate of drug-likeness (QED) is 0.436. The Morgan fingerprint density at radius 1 is 1.16 bits per heavy atom. The third-order valence-corrected chi connectivity index (χ3v) is 4.88. The van der Waals surface area contributed by atoms with Crippen LogP contribution in [0, 0.1) is 0 Å². The van der Waals surface area contributed by atoms with Gasteiger partial charge in [0.15, 0.2) is 27.9 Å². The first-order chi connectivity index (χ1) is 15.1. The van der Waals surface area contributed by atoms with Gasteiger partial charge in [0, 0.05) is 11.8 Å². The van der Waals surface area contributed by atoms with Gasteiger partial charge in [0.05, 0.1) is 18.4 Å². The number of sulfone groups is 1. The maximum absolute atomic E-state index is 12.4. The van der Waals surface area contributed by atoms with Crippen molar-refractivity contribution in [3.63, 3.8) is 0 Å². The van der Waals surface area contributed by atoms with Gasteiger partial charge >= 0.3 is 12.6 Å². The van der Waals surface area contributed by atoms with Gasteiger partial charge in [0.1, 0.15) is 0 Å². The van der Waals surface area contributed by atoms with E-state index in [1.54, 1.807) is 12.1 Å². The highest BCUT2D eigenvalue weighted by molar-refractivity contribution is 7.89. The molecule has 0 saturated heterocycles. The number of esters is 1. The molecule has 32 heavy (non-hydrogen) atoms. The molecule has 1 heterocycles. The van der Waals surface area contributed by atoms with Gasteiger partial charge in [0.25, 0.3) is 5.89 Å². The number of alkyl halides is 2. The first-order valence-electron chi connectivity index (χ1n) is 9.04. The Morgan fingerprint density at radius 3 is 2.62 bits per heavy atom. The Labute approximate surface area is 181 Å². The summed E-state index contributed by atoms with van der Waals surface area (Å²) in [4.78, 5) is 16.4. The van der Waals surface area contributed by atoms with E-state index in [-0.39, 0.29) is 41.1 Å². The number of aromatic nitrogens is 2. The molecule has 0 aliphatic heterocycles. The van der Waals surface area contributed by atoms with Crippen LogP contribution in [0.5, 0.6) is 11.5 Å². The number of hydrogen-bond acceptors (Lipinski definition) is 9. The fraction of sp³-hybridized carbons (Fsp3) is 0.250. The zero-order chi connectivity index (χ0) is 23.3. The maximum Gasteiger partial charge on any atom is 0.387 e. The average Bonchev–Trinajstić information content (AvgIpc) is 3.20. The van der Waals surface area contributed by atoms with E-state index in [1.165, 1.54) is 37.4 Å². The average molecular weight is 468 g/mol. The van der Waals surface area contributed by atoms with Crippen molar-refractivity contribution < 1.29 is 40.7 Å². The van der Waals surface area contributed by atoms with Crippen molar-refractivity contribution >= 4 is 15.8 Å². The minimum Gasteiger partial charge on any atom is -0.493 e.